The summed E-state index contributed by atoms with van der Waals surface area (Å²) in [6.45, 7) is -0.578. The molecule has 7 nitrogen and oxygen atoms in total. The zero-order valence-electron chi connectivity index (χ0n) is 14.8. The highest BCUT2D eigenvalue weighted by atomic mass is 32.2. The second-order valence-corrected chi connectivity index (χ2v) is 7.32. The Labute approximate surface area is 159 Å². The van der Waals surface area contributed by atoms with Crippen LogP contribution < -0.4 is 9.47 Å². The van der Waals surface area contributed by atoms with Gasteiger partial charge in [-0.1, -0.05) is 0 Å². The smallest absolute Gasteiger partial charge is 0.341 e. The summed E-state index contributed by atoms with van der Waals surface area (Å²) in [5.74, 6) is -4.23. The van der Waals surface area contributed by atoms with Crippen LogP contribution in [0.2, 0.25) is 0 Å². The van der Waals surface area contributed by atoms with E-state index < -0.39 is 38.8 Å². The van der Waals surface area contributed by atoms with Crippen LogP contribution in [0.25, 0.3) is 0 Å². The van der Waals surface area contributed by atoms with Crippen molar-refractivity contribution in [1.29, 1.82) is 0 Å². The van der Waals surface area contributed by atoms with E-state index in [2.05, 4.69) is 0 Å². The standard InChI is InChI=1S/C18H16F2O7S/c1-25-15-8-5-12(9-16(15)26-2)14(21)10-27-17(22)11-3-6-13(7-4-11)28(23,24)18(19)20/h3-9,18H,10H2,1-2H3. The quantitative estimate of drug-likeness (QED) is 0.484. The van der Waals surface area contributed by atoms with Crippen LogP contribution in [0, 0.1) is 0 Å². The molecule has 0 fully saturated rings. The molecule has 0 N–H and O–H groups in total. The number of hydrogen-bond donors (Lipinski definition) is 0. The second-order valence-electron chi connectivity index (χ2n) is 5.40. The summed E-state index contributed by atoms with van der Waals surface area (Å²) in [7, 11) is -1.91. The lowest BCUT2D eigenvalue weighted by molar-refractivity contribution is 0.0474. The monoisotopic (exact) mass is 414 g/mol. The number of methoxy groups -OCH3 is 2. The Kier molecular flexibility index (Phi) is 6.68. The first-order chi connectivity index (χ1) is 13.2. The number of rotatable bonds is 8. The largest absolute Gasteiger partial charge is 0.493 e. The van der Waals surface area contributed by atoms with Crippen molar-refractivity contribution in [2.45, 2.75) is 10.7 Å². The van der Waals surface area contributed by atoms with E-state index in [4.69, 9.17) is 14.2 Å². The Bertz CT molecular complexity index is 970. The molecule has 0 spiro atoms. The molecular formula is C18H16F2O7S. The zero-order valence-corrected chi connectivity index (χ0v) is 15.7. The number of Topliss-reactive ketones (excluding diaryl/α,β-unsaturated/α-hetero) is 1. The molecule has 0 saturated heterocycles. The average molecular weight is 414 g/mol. The molecule has 0 heterocycles. The first-order valence-corrected chi connectivity index (χ1v) is 9.29. The lowest BCUT2D eigenvalue weighted by Crippen LogP contribution is -2.15. The molecule has 0 aromatic heterocycles. The molecule has 0 unspecified atom stereocenters. The van der Waals surface area contributed by atoms with Crippen molar-refractivity contribution in [3.63, 3.8) is 0 Å². The van der Waals surface area contributed by atoms with Crippen molar-refractivity contribution in [2.75, 3.05) is 20.8 Å². The molecular weight excluding hydrogens is 398 g/mol. The number of carbonyl (C=O) groups excluding carboxylic acids is 2. The van der Waals surface area contributed by atoms with Gasteiger partial charge in [0, 0.05) is 5.56 Å². The van der Waals surface area contributed by atoms with Gasteiger partial charge in [0.25, 0.3) is 0 Å². The second kappa shape index (κ2) is 8.79. The van der Waals surface area contributed by atoms with Crippen molar-refractivity contribution in [1.82, 2.24) is 0 Å². The number of ether oxygens (including phenoxy) is 3. The summed E-state index contributed by atoms with van der Waals surface area (Å²) in [6.07, 6.45) is 0. The Morgan fingerprint density at radius 1 is 0.929 bits per heavy atom. The third kappa shape index (κ3) is 4.63. The number of ketones is 1. The normalized spacial score (nSPS) is 11.2. The van der Waals surface area contributed by atoms with E-state index in [0.29, 0.717) is 11.5 Å². The molecule has 2 aromatic rings. The molecule has 0 aliphatic rings. The lowest BCUT2D eigenvalue weighted by Gasteiger charge is -2.09. The van der Waals surface area contributed by atoms with Gasteiger partial charge in [0.2, 0.25) is 9.84 Å². The van der Waals surface area contributed by atoms with Crippen LogP contribution in [-0.2, 0) is 14.6 Å². The van der Waals surface area contributed by atoms with Crippen molar-refractivity contribution < 1.29 is 41.0 Å². The van der Waals surface area contributed by atoms with Gasteiger partial charge in [-0.2, -0.15) is 8.78 Å². The maximum absolute atomic E-state index is 12.5. The summed E-state index contributed by atoms with van der Waals surface area (Å²) in [5.41, 5.74) is 0.136. The van der Waals surface area contributed by atoms with Gasteiger partial charge >= 0.3 is 11.7 Å². The number of halogens is 2. The van der Waals surface area contributed by atoms with Gasteiger partial charge in [-0.3, -0.25) is 4.79 Å². The van der Waals surface area contributed by atoms with E-state index in [-0.39, 0.29) is 11.1 Å². The predicted octanol–water partition coefficient (Wildman–Crippen LogP) is 2.74. The van der Waals surface area contributed by atoms with Crippen LogP contribution in [0.1, 0.15) is 20.7 Å². The van der Waals surface area contributed by atoms with Crippen LogP contribution in [0.15, 0.2) is 47.4 Å². The summed E-state index contributed by atoms with van der Waals surface area (Å²) in [5, 5.41) is 0. The van der Waals surface area contributed by atoms with Crippen LogP contribution in [0.4, 0.5) is 8.78 Å². The molecule has 0 saturated carbocycles. The van der Waals surface area contributed by atoms with Gasteiger partial charge in [0.15, 0.2) is 23.9 Å². The van der Waals surface area contributed by atoms with Gasteiger partial charge in [0.05, 0.1) is 24.7 Å². The molecule has 0 bridgehead atoms. The Morgan fingerprint density at radius 3 is 2.04 bits per heavy atom. The first-order valence-electron chi connectivity index (χ1n) is 7.75. The Morgan fingerprint density at radius 2 is 1.50 bits per heavy atom. The number of sulfone groups is 1. The fraction of sp³-hybridized carbons (Fsp3) is 0.222. The average Bonchev–Trinajstić information content (AvgIpc) is 2.71. The SMILES string of the molecule is COc1ccc(C(=O)COC(=O)c2ccc(S(=O)(=O)C(F)F)cc2)cc1OC. The highest BCUT2D eigenvalue weighted by Gasteiger charge is 2.26. The Balaban J connectivity index is 2.05. The third-order valence-electron chi connectivity index (χ3n) is 3.69. The molecule has 0 amide bonds. The minimum atomic E-state index is -4.76. The summed E-state index contributed by atoms with van der Waals surface area (Å²) >= 11 is 0. The van der Waals surface area contributed by atoms with E-state index in [1.54, 1.807) is 0 Å². The zero-order chi connectivity index (χ0) is 20.9. The Hall–Kier alpha value is -3.01. The molecule has 2 rings (SSSR count). The highest BCUT2D eigenvalue weighted by Crippen LogP contribution is 2.27. The van der Waals surface area contributed by atoms with Gasteiger partial charge in [-0.15, -0.1) is 0 Å². The van der Waals surface area contributed by atoms with Gasteiger partial charge in [0.1, 0.15) is 0 Å². The van der Waals surface area contributed by atoms with Crippen molar-refractivity contribution in [3.8, 4) is 11.5 Å². The molecule has 0 radical (unpaired) electrons. The van der Waals surface area contributed by atoms with Crippen LogP contribution in [0.5, 0.6) is 11.5 Å². The maximum atomic E-state index is 12.5. The van der Waals surface area contributed by atoms with E-state index >= 15 is 0 Å². The molecule has 0 atom stereocenters. The highest BCUT2D eigenvalue weighted by molar-refractivity contribution is 7.91. The molecule has 150 valence electrons. The van der Waals surface area contributed by atoms with Crippen molar-refractivity contribution in [3.05, 3.63) is 53.6 Å². The predicted molar refractivity (Wildman–Crippen MR) is 93.8 cm³/mol. The molecule has 0 aliphatic carbocycles. The van der Waals surface area contributed by atoms with Crippen LogP contribution in [-0.4, -0.2) is 46.8 Å². The number of esters is 1. The lowest BCUT2D eigenvalue weighted by atomic mass is 10.1. The van der Waals surface area contributed by atoms with E-state index in [1.807, 2.05) is 0 Å². The minimum absolute atomic E-state index is 0.0895. The molecule has 10 heteroatoms. The topological polar surface area (TPSA) is 96.0 Å². The first kappa shape index (κ1) is 21.3. The van der Waals surface area contributed by atoms with Gasteiger partial charge < -0.3 is 14.2 Å². The summed E-state index contributed by atoms with van der Waals surface area (Å²) < 4.78 is 62.7. The summed E-state index contributed by atoms with van der Waals surface area (Å²) in [6, 6.07) is 8.22. The minimum Gasteiger partial charge on any atom is -0.493 e. The molecule has 2 aromatic carbocycles. The van der Waals surface area contributed by atoms with Crippen molar-refractivity contribution in [2.24, 2.45) is 0 Å². The maximum Gasteiger partial charge on any atom is 0.341 e. The van der Waals surface area contributed by atoms with Gasteiger partial charge in [-0.25, -0.2) is 13.2 Å². The van der Waals surface area contributed by atoms with Gasteiger partial charge in [-0.05, 0) is 42.5 Å². The number of alkyl halides is 2. The fourth-order valence-electron chi connectivity index (χ4n) is 2.19. The van der Waals surface area contributed by atoms with E-state index in [0.717, 1.165) is 24.3 Å². The number of hydrogen-bond acceptors (Lipinski definition) is 7. The van der Waals surface area contributed by atoms with E-state index in [1.165, 1.54) is 32.4 Å². The molecule has 28 heavy (non-hydrogen) atoms. The van der Waals surface area contributed by atoms with Crippen molar-refractivity contribution >= 4 is 21.6 Å². The number of carbonyl (C=O) groups is 2. The van der Waals surface area contributed by atoms with E-state index in [9.17, 15) is 26.8 Å². The third-order valence-corrected chi connectivity index (χ3v) is 5.09. The summed E-state index contributed by atoms with van der Waals surface area (Å²) in [4.78, 5) is 23.5. The van der Waals surface area contributed by atoms with Crippen LogP contribution >= 0.6 is 0 Å². The number of benzene rings is 2. The van der Waals surface area contributed by atoms with Crippen LogP contribution in [0.3, 0.4) is 0 Å². The fourth-order valence-corrected chi connectivity index (χ4v) is 2.91. The molecule has 0 aliphatic heterocycles.